The van der Waals surface area contributed by atoms with E-state index in [-0.39, 0.29) is 0 Å². The van der Waals surface area contributed by atoms with Crippen LogP contribution in [0.5, 0.6) is 0 Å². The average Bonchev–Trinajstić information content (AvgIpc) is 2.31. The Hall–Kier alpha value is -1.26. The zero-order valence-electron chi connectivity index (χ0n) is 9.02. The van der Waals surface area contributed by atoms with Crippen LogP contribution in [0.25, 0.3) is 0 Å². The van der Waals surface area contributed by atoms with Crippen molar-refractivity contribution in [1.29, 1.82) is 0 Å². The van der Waals surface area contributed by atoms with Crippen LogP contribution >= 0.6 is 0 Å². The van der Waals surface area contributed by atoms with E-state index in [0.717, 1.165) is 32.5 Å². The number of hydrogen-bond acceptors (Lipinski definition) is 1. The molecule has 0 amide bonds. The van der Waals surface area contributed by atoms with Gasteiger partial charge in [-0.15, -0.1) is 12.3 Å². The molecule has 0 spiro atoms. The van der Waals surface area contributed by atoms with Crippen LogP contribution in [0.4, 0.5) is 0 Å². The minimum atomic E-state index is 0.511. The second-order valence-corrected chi connectivity index (χ2v) is 4.20. The van der Waals surface area contributed by atoms with E-state index in [9.17, 15) is 0 Å². The van der Waals surface area contributed by atoms with Gasteiger partial charge >= 0.3 is 0 Å². The standard InChI is InChI=1S/C14H17N/c1-2-13-8-10-15(11-9-13)12-14-6-4-3-5-7-14/h1,3-7,13H,8-12H2. The molecule has 0 atom stereocenters. The molecule has 1 aliphatic rings. The molecule has 1 fully saturated rings. The van der Waals surface area contributed by atoms with Gasteiger partial charge in [0, 0.05) is 12.5 Å². The molecule has 1 saturated heterocycles. The molecule has 0 aliphatic carbocycles. The third-order valence-corrected chi connectivity index (χ3v) is 3.07. The summed E-state index contributed by atoms with van der Waals surface area (Å²) < 4.78 is 0. The zero-order valence-corrected chi connectivity index (χ0v) is 9.02. The van der Waals surface area contributed by atoms with Crippen molar-refractivity contribution in [2.75, 3.05) is 13.1 Å². The lowest BCUT2D eigenvalue weighted by Gasteiger charge is -2.29. The molecule has 78 valence electrons. The predicted molar refractivity (Wildman–Crippen MR) is 63.3 cm³/mol. The van der Waals surface area contributed by atoms with Crippen LogP contribution in [0.15, 0.2) is 30.3 Å². The molecule has 1 aromatic rings. The molecule has 2 rings (SSSR count). The van der Waals surface area contributed by atoms with E-state index in [2.05, 4.69) is 41.2 Å². The average molecular weight is 199 g/mol. The predicted octanol–water partition coefficient (Wildman–Crippen LogP) is 2.53. The summed E-state index contributed by atoms with van der Waals surface area (Å²) in [7, 11) is 0. The first-order chi connectivity index (χ1) is 7.38. The molecule has 1 nitrogen and oxygen atoms in total. The maximum Gasteiger partial charge on any atom is 0.0233 e. The highest BCUT2D eigenvalue weighted by atomic mass is 15.1. The maximum atomic E-state index is 5.43. The second kappa shape index (κ2) is 5.00. The summed E-state index contributed by atoms with van der Waals surface area (Å²) in [5.74, 6) is 3.37. The Bertz CT molecular complexity index is 328. The lowest BCUT2D eigenvalue weighted by molar-refractivity contribution is 0.199. The molecule has 1 heterocycles. The van der Waals surface area contributed by atoms with E-state index < -0.39 is 0 Å². The minimum absolute atomic E-state index is 0.511. The Labute approximate surface area is 92.1 Å². The molecule has 0 aromatic heterocycles. The molecule has 0 bridgehead atoms. The zero-order chi connectivity index (χ0) is 10.5. The summed E-state index contributed by atoms with van der Waals surface area (Å²) in [6, 6.07) is 10.6. The van der Waals surface area contributed by atoms with Crippen molar-refractivity contribution in [2.45, 2.75) is 19.4 Å². The smallest absolute Gasteiger partial charge is 0.0233 e. The van der Waals surface area contributed by atoms with Gasteiger partial charge in [0.25, 0.3) is 0 Å². The van der Waals surface area contributed by atoms with Gasteiger partial charge in [-0.25, -0.2) is 0 Å². The third kappa shape index (κ3) is 2.84. The largest absolute Gasteiger partial charge is 0.299 e. The minimum Gasteiger partial charge on any atom is -0.299 e. The molecule has 0 unspecified atom stereocenters. The van der Waals surface area contributed by atoms with E-state index in [4.69, 9.17) is 6.42 Å². The molecule has 1 aliphatic heterocycles. The number of rotatable bonds is 2. The van der Waals surface area contributed by atoms with Crippen molar-refractivity contribution in [2.24, 2.45) is 5.92 Å². The fourth-order valence-corrected chi connectivity index (χ4v) is 2.10. The quantitative estimate of drug-likeness (QED) is 0.662. The van der Waals surface area contributed by atoms with Crippen LogP contribution in [-0.4, -0.2) is 18.0 Å². The Morgan fingerprint density at radius 2 is 1.87 bits per heavy atom. The lowest BCUT2D eigenvalue weighted by Crippen LogP contribution is -2.32. The molecule has 0 N–H and O–H groups in total. The van der Waals surface area contributed by atoms with Crippen LogP contribution in [0.2, 0.25) is 0 Å². The monoisotopic (exact) mass is 199 g/mol. The van der Waals surface area contributed by atoms with Crippen LogP contribution in [0, 0.1) is 18.3 Å². The molecule has 0 radical (unpaired) electrons. The maximum absolute atomic E-state index is 5.43. The number of hydrogen-bond donors (Lipinski definition) is 0. The van der Waals surface area contributed by atoms with Gasteiger partial charge < -0.3 is 0 Å². The fraction of sp³-hybridized carbons (Fsp3) is 0.429. The number of likely N-dealkylation sites (tertiary alicyclic amines) is 1. The van der Waals surface area contributed by atoms with Gasteiger partial charge in [-0.05, 0) is 31.5 Å². The van der Waals surface area contributed by atoms with Crippen molar-refractivity contribution in [3.05, 3.63) is 35.9 Å². The number of nitrogens with zero attached hydrogens (tertiary/aromatic N) is 1. The van der Waals surface area contributed by atoms with Crippen molar-refractivity contribution in [3.8, 4) is 12.3 Å². The van der Waals surface area contributed by atoms with E-state index in [1.54, 1.807) is 0 Å². The highest BCUT2D eigenvalue weighted by Crippen LogP contribution is 2.17. The SMILES string of the molecule is C#CC1CCN(Cc2ccccc2)CC1. The lowest BCUT2D eigenvalue weighted by atomic mass is 9.97. The Balaban J connectivity index is 1.85. The molecule has 1 aromatic carbocycles. The highest BCUT2D eigenvalue weighted by molar-refractivity contribution is 5.14. The van der Waals surface area contributed by atoms with Gasteiger partial charge in [0.05, 0.1) is 0 Å². The third-order valence-electron chi connectivity index (χ3n) is 3.07. The first kappa shape index (κ1) is 10.3. The highest BCUT2D eigenvalue weighted by Gasteiger charge is 2.16. The van der Waals surface area contributed by atoms with E-state index in [0.29, 0.717) is 5.92 Å². The summed E-state index contributed by atoms with van der Waals surface area (Å²) in [5.41, 5.74) is 1.40. The van der Waals surface area contributed by atoms with Gasteiger partial charge in [-0.3, -0.25) is 4.90 Å². The molecule has 1 heteroatoms. The van der Waals surface area contributed by atoms with Gasteiger partial charge in [0.1, 0.15) is 0 Å². The van der Waals surface area contributed by atoms with Crippen LogP contribution < -0.4 is 0 Å². The van der Waals surface area contributed by atoms with Gasteiger partial charge in [0.2, 0.25) is 0 Å². The molecule has 0 saturated carbocycles. The van der Waals surface area contributed by atoms with E-state index in [1.165, 1.54) is 5.56 Å². The molecular weight excluding hydrogens is 182 g/mol. The van der Waals surface area contributed by atoms with Gasteiger partial charge in [0.15, 0.2) is 0 Å². The second-order valence-electron chi connectivity index (χ2n) is 4.20. The van der Waals surface area contributed by atoms with E-state index in [1.807, 2.05) is 0 Å². The Morgan fingerprint density at radius 1 is 1.20 bits per heavy atom. The normalized spacial score (nSPS) is 18.6. The summed E-state index contributed by atoms with van der Waals surface area (Å²) in [6.45, 7) is 3.35. The topological polar surface area (TPSA) is 3.24 Å². The first-order valence-corrected chi connectivity index (χ1v) is 5.61. The molecular formula is C14H17N. The van der Waals surface area contributed by atoms with Crippen molar-refractivity contribution in [1.82, 2.24) is 4.90 Å². The van der Waals surface area contributed by atoms with Crippen molar-refractivity contribution < 1.29 is 0 Å². The van der Waals surface area contributed by atoms with Crippen molar-refractivity contribution >= 4 is 0 Å². The van der Waals surface area contributed by atoms with Crippen molar-refractivity contribution in [3.63, 3.8) is 0 Å². The number of benzene rings is 1. The van der Waals surface area contributed by atoms with Gasteiger partial charge in [-0.1, -0.05) is 30.3 Å². The van der Waals surface area contributed by atoms with Crippen LogP contribution in [-0.2, 0) is 6.54 Å². The number of piperidine rings is 1. The first-order valence-electron chi connectivity index (χ1n) is 5.61. The van der Waals surface area contributed by atoms with Crippen LogP contribution in [0.1, 0.15) is 18.4 Å². The summed E-state index contributed by atoms with van der Waals surface area (Å²) >= 11 is 0. The Kier molecular flexibility index (Phi) is 3.42. The van der Waals surface area contributed by atoms with E-state index >= 15 is 0 Å². The summed E-state index contributed by atoms with van der Waals surface area (Å²) in [5, 5.41) is 0. The fourth-order valence-electron chi connectivity index (χ4n) is 2.10. The number of terminal acetylenes is 1. The Morgan fingerprint density at radius 3 is 2.47 bits per heavy atom. The summed E-state index contributed by atoms with van der Waals surface area (Å²) in [4.78, 5) is 2.49. The summed E-state index contributed by atoms with van der Waals surface area (Å²) in [6.07, 6.45) is 7.74. The molecule has 15 heavy (non-hydrogen) atoms. The van der Waals surface area contributed by atoms with Crippen LogP contribution in [0.3, 0.4) is 0 Å². The van der Waals surface area contributed by atoms with Gasteiger partial charge in [-0.2, -0.15) is 0 Å².